The van der Waals surface area contributed by atoms with Crippen LogP contribution in [-0.2, 0) is 13.6 Å². The lowest BCUT2D eigenvalue weighted by Gasteiger charge is -2.11. The molecule has 0 aliphatic rings. The van der Waals surface area contributed by atoms with E-state index in [2.05, 4.69) is 11.6 Å². The van der Waals surface area contributed by atoms with E-state index in [-0.39, 0.29) is 19.6 Å². The number of aliphatic hydroxyl groups excluding tert-OH is 2. The molecule has 0 spiro atoms. The van der Waals surface area contributed by atoms with Gasteiger partial charge in [-0.3, -0.25) is 0 Å². The summed E-state index contributed by atoms with van der Waals surface area (Å²) in [5.41, 5.74) is -0.605. The molecule has 0 aliphatic carbocycles. The summed E-state index contributed by atoms with van der Waals surface area (Å²) < 4.78 is 22.1. The zero-order valence-corrected chi connectivity index (χ0v) is 11.3. The van der Waals surface area contributed by atoms with Crippen LogP contribution in [0.3, 0.4) is 0 Å². The Labute approximate surface area is 106 Å². The average molecular weight is 277 g/mol. The molecule has 0 aromatic heterocycles. The number of diazo groups is 1. The summed E-state index contributed by atoms with van der Waals surface area (Å²) in [5, 5.41) is 27.8. The van der Waals surface area contributed by atoms with Crippen LogP contribution in [0.4, 0.5) is 0 Å². The Morgan fingerprint density at radius 2 is 2.00 bits per heavy atom. The number of rotatable bonds is 8. The summed E-state index contributed by atoms with van der Waals surface area (Å²) in [6, 6.07) is 0. The summed E-state index contributed by atoms with van der Waals surface area (Å²) in [6.07, 6.45) is -0.177. The van der Waals surface area contributed by atoms with Crippen molar-refractivity contribution in [3.05, 3.63) is 28.8 Å². The predicted octanol–water partition coefficient (Wildman–Crippen LogP) is 2.77. The van der Waals surface area contributed by atoms with Crippen LogP contribution in [0.2, 0.25) is 0 Å². The number of hydrogen-bond acceptors (Lipinski definition) is 6. The topological polar surface area (TPSA) is 104 Å². The first-order valence-electron chi connectivity index (χ1n) is 5.42. The van der Waals surface area contributed by atoms with Crippen LogP contribution in [0.1, 0.15) is 20.3 Å². The van der Waals surface area contributed by atoms with E-state index in [1.165, 1.54) is 6.08 Å². The molecule has 0 rings (SSSR count). The van der Waals surface area contributed by atoms with Gasteiger partial charge in [-0.25, -0.2) is 4.57 Å². The summed E-state index contributed by atoms with van der Waals surface area (Å²) in [5.74, 6) is -0.574. The van der Waals surface area contributed by atoms with Crippen molar-refractivity contribution in [1.82, 2.24) is 0 Å². The highest BCUT2D eigenvalue weighted by molar-refractivity contribution is 7.58. The second-order valence-electron chi connectivity index (χ2n) is 3.21. The Hall–Kier alpha value is -1.19. The van der Waals surface area contributed by atoms with Gasteiger partial charge in [-0.05, 0) is 13.8 Å². The Bertz CT molecular complexity index is 392. The molecule has 2 N–H and O–H groups in total. The van der Waals surface area contributed by atoms with Gasteiger partial charge in [0.2, 0.25) is 11.2 Å². The fourth-order valence-corrected chi connectivity index (χ4v) is 2.66. The highest BCUT2D eigenvalue weighted by Crippen LogP contribution is 2.57. The van der Waals surface area contributed by atoms with E-state index in [4.69, 9.17) is 14.4 Å². The van der Waals surface area contributed by atoms with Crippen LogP contribution in [0.25, 0.3) is 4.98 Å². The molecule has 1 atom stereocenters. The molecule has 0 radical (unpaired) electrons. The lowest BCUT2D eigenvalue weighted by molar-refractivity contribution is 0.199. The molecule has 0 amide bonds. The van der Waals surface area contributed by atoms with Crippen molar-refractivity contribution in [2.75, 3.05) is 13.2 Å². The molecule has 0 bridgehead atoms. The van der Waals surface area contributed by atoms with Gasteiger partial charge in [0, 0.05) is 6.42 Å². The van der Waals surface area contributed by atoms with Gasteiger partial charge in [0.15, 0.2) is 4.98 Å². The highest BCUT2D eigenvalue weighted by atomic mass is 31.2. The van der Waals surface area contributed by atoms with E-state index in [0.717, 1.165) is 0 Å². The molecule has 8 heteroatoms. The standard InChI is InChI=1S/C10H17N2O5P/c1-4-8(13)7-9(14)10(12-11)18(15,16-5-2)17-6-3/h4,8,13H,1,5-7H2,2-3H3/p+1/t8-/m0/s1. The molecule has 0 saturated heterocycles. The van der Waals surface area contributed by atoms with Gasteiger partial charge < -0.3 is 19.3 Å². The van der Waals surface area contributed by atoms with Crippen LogP contribution >= 0.6 is 7.60 Å². The van der Waals surface area contributed by atoms with E-state index >= 15 is 0 Å². The second kappa shape index (κ2) is 8.01. The maximum atomic E-state index is 12.2. The van der Waals surface area contributed by atoms with Crippen molar-refractivity contribution in [3.63, 3.8) is 0 Å². The molecule has 0 fully saturated rings. The van der Waals surface area contributed by atoms with Crippen molar-refractivity contribution in [2.24, 2.45) is 0 Å². The van der Waals surface area contributed by atoms with Gasteiger partial charge in [0.25, 0.3) is 0 Å². The SMILES string of the molecule is C=C[C@H](O)C/C(O)=C(\[N+]#N)P(=O)(OCC)OCC. The Balaban J connectivity index is 5.36. The third kappa shape index (κ3) is 4.59. The van der Waals surface area contributed by atoms with E-state index in [9.17, 15) is 14.8 Å². The van der Waals surface area contributed by atoms with Gasteiger partial charge in [-0.15, -0.1) is 6.58 Å². The van der Waals surface area contributed by atoms with E-state index in [0.29, 0.717) is 0 Å². The average Bonchev–Trinajstić information content (AvgIpc) is 2.30. The first-order chi connectivity index (χ1) is 8.45. The molecular formula is C10H18N2O5P+. The van der Waals surface area contributed by atoms with E-state index in [1.807, 2.05) is 0 Å². The first kappa shape index (κ1) is 16.8. The number of hydrogen-bond donors (Lipinski definition) is 2. The molecule has 0 aromatic carbocycles. The molecule has 0 heterocycles. The minimum absolute atomic E-state index is 0.0492. The summed E-state index contributed by atoms with van der Waals surface area (Å²) in [4.78, 5) is 2.76. The monoisotopic (exact) mass is 277 g/mol. The van der Waals surface area contributed by atoms with Crippen molar-refractivity contribution in [1.29, 1.82) is 5.39 Å². The van der Waals surface area contributed by atoms with Gasteiger partial charge in [0.05, 0.1) is 19.3 Å². The minimum atomic E-state index is -3.88. The van der Waals surface area contributed by atoms with Crippen LogP contribution in [0.5, 0.6) is 0 Å². The second-order valence-corrected chi connectivity index (χ2v) is 5.15. The largest absolute Gasteiger partial charge is 0.507 e. The lowest BCUT2D eigenvalue weighted by atomic mass is 10.2. The predicted molar refractivity (Wildman–Crippen MR) is 66.4 cm³/mol. The van der Waals surface area contributed by atoms with Gasteiger partial charge in [-0.1, -0.05) is 6.08 Å². The third-order valence-corrected chi connectivity index (χ3v) is 3.95. The summed E-state index contributed by atoms with van der Waals surface area (Å²) in [6.45, 7) is 6.58. The molecule has 0 saturated carbocycles. The molecule has 102 valence electrons. The smallest absolute Gasteiger partial charge is 0.505 e. The zero-order chi connectivity index (χ0) is 14.2. The Morgan fingerprint density at radius 1 is 1.50 bits per heavy atom. The zero-order valence-electron chi connectivity index (χ0n) is 10.4. The van der Waals surface area contributed by atoms with Crippen molar-refractivity contribution in [3.8, 4) is 0 Å². The van der Waals surface area contributed by atoms with Gasteiger partial charge >= 0.3 is 13.0 Å². The Kier molecular flexibility index (Phi) is 7.48. The normalized spacial score (nSPS) is 14.6. The van der Waals surface area contributed by atoms with E-state index in [1.54, 1.807) is 13.8 Å². The molecule has 0 unspecified atom stereocenters. The molecule has 0 aromatic rings. The maximum absolute atomic E-state index is 12.2. The fraction of sp³-hybridized carbons (Fsp3) is 0.600. The molecule has 18 heavy (non-hydrogen) atoms. The fourth-order valence-electron chi connectivity index (χ4n) is 1.14. The van der Waals surface area contributed by atoms with Gasteiger partial charge in [-0.2, -0.15) is 0 Å². The number of aliphatic hydroxyl groups is 2. The highest BCUT2D eigenvalue weighted by Gasteiger charge is 2.45. The van der Waals surface area contributed by atoms with Crippen molar-refractivity contribution >= 4 is 7.60 Å². The first-order valence-corrected chi connectivity index (χ1v) is 6.96. The minimum Gasteiger partial charge on any atom is -0.505 e. The summed E-state index contributed by atoms with van der Waals surface area (Å²) in [7, 11) is -3.88. The molecule has 0 aliphatic heterocycles. The maximum Gasteiger partial charge on any atom is 0.507 e. The lowest BCUT2D eigenvalue weighted by Crippen LogP contribution is -2.06. The van der Waals surface area contributed by atoms with Crippen molar-refractivity contribution < 1.29 is 23.8 Å². The third-order valence-electron chi connectivity index (χ3n) is 1.88. The van der Waals surface area contributed by atoms with Crippen LogP contribution in [-0.4, -0.2) is 29.5 Å². The Morgan fingerprint density at radius 3 is 2.33 bits per heavy atom. The molecule has 7 nitrogen and oxygen atoms in total. The van der Waals surface area contributed by atoms with Crippen LogP contribution in [0.15, 0.2) is 23.9 Å². The van der Waals surface area contributed by atoms with Crippen molar-refractivity contribution in [2.45, 2.75) is 26.4 Å². The van der Waals surface area contributed by atoms with E-state index < -0.39 is 24.9 Å². The molecular weight excluding hydrogens is 259 g/mol. The van der Waals surface area contributed by atoms with Gasteiger partial charge in [0.1, 0.15) is 0 Å². The summed E-state index contributed by atoms with van der Waals surface area (Å²) >= 11 is 0. The number of nitrogens with zero attached hydrogens (tertiary/aromatic N) is 2. The quantitative estimate of drug-likeness (QED) is 0.306. The van der Waals surface area contributed by atoms with Crippen LogP contribution < -0.4 is 0 Å². The van der Waals surface area contributed by atoms with Crippen LogP contribution in [0, 0.1) is 5.39 Å².